The highest BCUT2D eigenvalue weighted by molar-refractivity contribution is 6.06. The Labute approximate surface area is 118 Å². The van der Waals surface area contributed by atoms with Crippen molar-refractivity contribution in [2.75, 3.05) is 6.61 Å². The molecule has 0 aromatic carbocycles. The quantitative estimate of drug-likeness (QED) is 0.752. The molecule has 1 atom stereocenters. The molecule has 0 saturated heterocycles. The van der Waals surface area contributed by atoms with Gasteiger partial charge in [-0.05, 0) is 12.1 Å². The number of halogens is 2. The molecule has 0 spiro atoms. The number of carbonyl (C=O) groups is 1. The zero-order valence-corrected chi connectivity index (χ0v) is 10.9. The molecule has 1 fully saturated rings. The van der Waals surface area contributed by atoms with Gasteiger partial charge in [0.15, 0.2) is 0 Å². The van der Waals surface area contributed by atoms with Crippen molar-refractivity contribution in [3.05, 3.63) is 42.2 Å². The molecule has 2 aromatic rings. The number of aromatic nitrogens is 4. The highest BCUT2D eigenvalue weighted by Crippen LogP contribution is 2.44. The molecule has 110 valence electrons. The van der Waals surface area contributed by atoms with Crippen molar-refractivity contribution in [2.45, 2.75) is 25.0 Å². The minimum atomic E-state index is -2.69. The molecule has 2 aromatic heterocycles. The second-order valence-electron chi connectivity index (χ2n) is 4.72. The topological polar surface area (TPSA) is 69.9 Å². The smallest absolute Gasteiger partial charge is 0.276 e. The maximum atomic E-state index is 12.6. The Bertz CT molecular complexity index is 645. The van der Waals surface area contributed by atoms with E-state index in [9.17, 15) is 13.6 Å². The van der Waals surface area contributed by atoms with Crippen molar-refractivity contribution in [3.63, 3.8) is 0 Å². The van der Waals surface area contributed by atoms with E-state index in [2.05, 4.69) is 15.1 Å². The summed E-state index contributed by atoms with van der Waals surface area (Å²) in [4.78, 5) is 19.8. The maximum absolute atomic E-state index is 12.6. The van der Waals surface area contributed by atoms with Gasteiger partial charge < -0.3 is 4.74 Å². The summed E-state index contributed by atoms with van der Waals surface area (Å²) in [5.74, 6) is -2.95. The lowest BCUT2D eigenvalue weighted by Gasteiger charge is -2.02. The van der Waals surface area contributed by atoms with E-state index in [0.717, 1.165) is 0 Å². The SMILES string of the molecule is O=C(c1ccncc1)c1ncn(CCOC2CC2(F)F)n1. The largest absolute Gasteiger partial charge is 0.370 e. The Kier molecular flexibility index (Phi) is 3.46. The summed E-state index contributed by atoms with van der Waals surface area (Å²) in [5.41, 5.74) is 0.441. The Morgan fingerprint density at radius 2 is 2.14 bits per heavy atom. The third-order valence-corrected chi connectivity index (χ3v) is 3.09. The van der Waals surface area contributed by atoms with Crippen LogP contribution in [-0.2, 0) is 11.3 Å². The van der Waals surface area contributed by atoms with Gasteiger partial charge in [-0.1, -0.05) is 0 Å². The zero-order valence-electron chi connectivity index (χ0n) is 10.9. The monoisotopic (exact) mass is 294 g/mol. The number of alkyl halides is 2. The molecule has 0 amide bonds. The van der Waals surface area contributed by atoms with E-state index in [-0.39, 0.29) is 31.2 Å². The minimum Gasteiger partial charge on any atom is -0.370 e. The Morgan fingerprint density at radius 3 is 2.81 bits per heavy atom. The maximum Gasteiger partial charge on any atom is 0.276 e. The molecule has 0 aliphatic heterocycles. The van der Waals surface area contributed by atoms with E-state index in [1.165, 1.54) is 23.4 Å². The fourth-order valence-electron chi connectivity index (χ4n) is 1.80. The first-order valence-corrected chi connectivity index (χ1v) is 6.40. The van der Waals surface area contributed by atoms with E-state index in [1.807, 2.05) is 0 Å². The van der Waals surface area contributed by atoms with Gasteiger partial charge in [-0.3, -0.25) is 9.78 Å². The van der Waals surface area contributed by atoms with Crippen LogP contribution in [0.4, 0.5) is 8.78 Å². The predicted molar refractivity (Wildman–Crippen MR) is 67.0 cm³/mol. The van der Waals surface area contributed by atoms with Gasteiger partial charge in [0.2, 0.25) is 11.6 Å². The van der Waals surface area contributed by atoms with Gasteiger partial charge in [-0.2, -0.15) is 0 Å². The Morgan fingerprint density at radius 1 is 1.43 bits per heavy atom. The van der Waals surface area contributed by atoms with Gasteiger partial charge in [0, 0.05) is 24.4 Å². The van der Waals surface area contributed by atoms with E-state index < -0.39 is 12.0 Å². The average Bonchev–Trinajstić information content (AvgIpc) is 2.89. The molecule has 0 radical (unpaired) electrons. The standard InChI is InChI=1S/C13H12F2N4O2/c14-13(15)7-10(13)21-6-5-19-8-17-12(18-19)11(20)9-1-3-16-4-2-9/h1-4,8,10H,5-7H2. The van der Waals surface area contributed by atoms with Gasteiger partial charge in [0.1, 0.15) is 12.4 Å². The predicted octanol–water partition coefficient (Wildman–Crippen LogP) is 1.33. The lowest BCUT2D eigenvalue weighted by Crippen LogP contribution is -2.12. The summed E-state index contributed by atoms with van der Waals surface area (Å²) in [6.07, 6.45) is 3.18. The first kappa shape index (κ1) is 13.7. The molecule has 1 unspecified atom stereocenters. The summed E-state index contributed by atoms with van der Waals surface area (Å²) in [6, 6.07) is 3.14. The van der Waals surface area contributed by atoms with E-state index >= 15 is 0 Å². The van der Waals surface area contributed by atoms with Crippen molar-refractivity contribution >= 4 is 5.78 Å². The van der Waals surface area contributed by atoms with Crippen molar-refractivity contribution < 1.29 is 18.3 Å². The van der Waals surface area contributed by atoms with Crippen molar-refractivity contribution in [2.24, 2.45) is 0 Å². The number of ketones is 1. The number of nitrogens with zero attached hydrogens (tertiary/aromatic N) is 4. The summed E-state index contributed by atoms with van der Waals surface area (Å²) < 4.78 is 31.6. The fourth-order valence-corrected chi connectivity index (χ4v) is 1.80. The molecule has 21 heavy (non-hydrogen) atoms. The van der Waals surface area contributed by atoms with E-state index in [0.29, 0.717) is 5.56 Å². The van der Waals surface area contributed by atoms with Crippen molar-refractivity contribution in [1.82, 2.24) is 19.7 Å². The lowest BCUT2D eigenvalue weighted by atomic mass is 10.2. The van der Waals surface area contributed by atoms with E-state index in [1.54, 1.807) is 12.1 Å². The second kappa shape index (κ2) is 5.28. The Balaban J connectivity index is 1.55. The summed E-state index contributed by atoms with van der Waals surface area (Å²) >= 11 is 0. The number of hydrogen-bond donors (Lipinski definition) is 0. The molecule has 0 bridgehead atoms. The molecule has 2 heterocycles. The molecular formula is C13H12F2N4O2. The highest BCUT2D eigenvalue weighted by atomic mass is 19.3. The molecule has 1 aliphatic rings. The average molecular weight is 294 g/mol. The molecule has 1 aliphatic carbocycles. The van der Waals surface area contributed by atoms with Crippen molar-refractivity contribution in [3.8, 4) is 0 Å². The van der Waals surface area contributed by atoms with Gasteiger partial charge in [-0.15, -0.1) is 5.10 Å². The van der Waals surface area contributed by atoms with Gasteiger partial charge in [-0.25, -0.2) is 18.4 Å². The second-order valence-corrected chi connectivity index (χ2v) is 4.72. The van der Waals surface area contributed by atoms with Crippen LogP contribution in [0.5, 0.6) is 0 Å². The van der Waals surface area contributed by atoms with Crippen LogP contribution in [0, 0.1) is 0 Å². The van der Waals surface area contributed by atoms with Gasteiger partial charge in [0.25, 0.3) is 5.92 Å². The van der Waals surface area contributed by atoms with Crippen LogP contribution < -0.4 is 0 Å². The third-order valence-electron chi connectivity index (χ3n) is 3.09. The number of pyridine rings is 1. The lowest BCUT2D eigenvalue weighted by molar-refractivity contribution is 0.00998. The highest BCUT2D eigenvalue weighted by Gasteiger charge is 2.58. The van der Waals surface area contributed by atoms with Crippen LogP contribution in [-0.4, -0.2) is 44.2 Å². The van der Waals surface area contributed by atoms with Crippen LogP contribution in [0.2, 0.25) is 0 Å². The molecular weight excluding hydrogens is 282 g/mol. The molecule has 6 nitrogen and oxygen atoms in total. The minimum absolute atomic E-state index is 0.0537. The summed E-state index contributed by atoms with van der Waals surface area (Å²) in [6.45, 7) is 0.371. The fraction of sp³-hybridized carbons (Fsp3) is 0.385. The normalized spacial score (nSPS) is 19.4. The van der Waals surface area contributed by atoms with Crippen molar-refractivity contribution in [1.29, 1.82) is 0 Å². The first-order chi connectivity index (χ1) is 10.1. The molecule has 3 rings (SSSR count). The number of rotatable bonds is 6. The van der Waals surface area contributed by atoms with Crippen LogP contribution in [0.3, 0.4) is 0 Å². The van der Waals surface area contributed by atoms with E-state index in [4.69, 9.17) is 4.74 Å². The van der Waals surface area contributed by atoms with Gasteiger partial charge >= 0.3 is 0 Å². The first-order valence-electron chi connectivity index (χ1n) is 6.40. The van der Waals surface area contributed by atoms with Crippen LogP contribution >= 0.6 is 0 Å². The molecule has 8 heteroatoms. The number of carbonyl (C=O) groups excluding carboxylic acids is 1. The van der Waals surface area contributed by atoms with Crippen LogP contribution in [0.15, 0.2) is 30.9 Å². The Hall–Kier alpha value is -2.22. The number of hydrogen-bond acceptors (Lipinski definition) is 5. The number of ether oxygens (including phenoxy) is 1. The van der Waals surface area contributed by atoms with Crippen LogP contribution in [0.25, 0.3) is 0 Å². The molecule has 1 saturated carbocycles. The third kappa shape index (κ3) is 3.10. The summed E-state index contributed by atoms with van der Waals surface area (Å²) in [7, 11) is 0. The molecule has 0 N–H and O–H groups in total. The zero-order chi connectivity index (χ0) is 14.9. The van der Waals surface area contributed by atoms with Crippen LogP contribution in [0.1, 0.15) is 22.6 Å². The van der Waals surface area contributed by atoms with Gasteiger partial charge in [0.05, 0.1) is 13.2 Å². The summed E-state index contributed by atoms with van der Waals surface area (Å²) in [5, 5.41) is 4.01.